The highest BCUT2D eigenvalue weighted by molar-refractivity contribution is 6.31. The summed E-state index contributed by atoms with van der Waals surface area (Å²) in [7, 11) is 0. The molecule has 10 nitrogen and oxygen atoms in total. The van der Waals surface area contributed by atoms with Crippen LogP contribution in [0.4, 0.5) is 0 Å². The molecule has 0 bridgehead atoms. The number of fused-ring (bicyclic) bond motifs is 3. The lowest BCUT2D eigenvalue weighted by Gasteiger charge is -2.13. The summed E-state index contributed by atoms with van der Waals surface area (Å²) in [5.41, 5.74) is 27.8. The Balaban J connectivity index is 0.000000132. The SMILES string of the molecule is c1ccc(-c2cc(-c3ccccc3)nc(-n3c4cccc5ccc6c(-c7cc8ccc9cccc%10c9c8c(c7)n%10-c7ccc8c(c7)c7ccccc7n8-c7ccccc7)ccc3c6c54)n2)cc1.c1ccc(-c2ccc(-n3c4cccc5ccc6cc(-c7ccc8c9c7ccc7cccc(c79)n8-c7nc(-c8ccccc8)nc(-c8ccccc8)n7)cc3c6c54)cc2)cc1. The van der Waals surface area contributed by atoms with Crippen LogP contribution in [-0.2, 0) is 0 Å². The van der Waals surface area contributed by atoms with Crippen LogP contribution in [0.3, 0.4) is 0 Å². The fourth-order valence-electron chi connectivity index (χ4n) is 20.9. The van der Waals surface area contributed by atoms with Gasteiger partial charge in [0.15, 0.2) is 11.6 Å². The molecule has 0 saturated heterocycles. The summed E-state index contributed by atoms with van der Waals surface area (Å²) in [5, 5.41) is 22.2. The van der Waals surface area contributed by atoms with E-state index in [0.717, 1.165) is 72.8 Å². The lowest BCUT2D eigenvalue weighted by Crippen LogP contribution is -2.06. The van der Waals surface area contributed by atoms with Gasteiger partial charge in [-0.25, -0.2) is 15.0 Å². The number of para-hydroxylation sites is 2. The van der Waals surface area contributed by atoms with Crippen molar-refractivity contribution in [3.63, 3.8) is 0 Å². The standard InChI is InChI=1S/C62H37N5.C55H33N5/c1-4-14-38(15-5-1)50-37-51(39-16-6-2-7-17-39)64-62(63-50)67-55-25-13-19-41-28-30-48-46(31-33-56(67)61(48)59(41)55)43-34-42-27-26-40-18-12-24-54-58(40)60(42)57(35-43)66(54)45-29-32-53-49(36-45)47-22-10-11-23-52(47)65(53)44-20-8-3-9-21-44;1-4-12-34(13-5-1)35-24-27-42(28-25-35)59-45-20-10-18-36-22-23-40-32-41(33-48(59)51(40)49(36)45)43-30-31-47-52-44(43)29-26-37-19-11-21-46(50(37)52)60(47)55-57-53(38-14-6-2-7-15-38)56-54(58-55)39-16-8-3-9-17-39/h1-37H;1-33H. The summed E-state index contributed by atoms with van der Waals surface area (Å²) in [6.07, 6.45) is 0. The van der Waals surface area contributed by atoms with E-state index < -0.39 is 0 Å². The molecule has 0 radical (unpaired) electrons. The van der Waals surface area contributed by atoms with Gasteiger partial charge in [-0.3, -0.25) is 9.13 Å². The van der Waals surface area contributed by atoms with Gasteiger partial charge in [0, 0.05) is 93.2 Å². The van der Waals surface area contributed by atoms with Gasteiger partial charge >= 0.3 is 0 Å². The number of rotatable bonds is 12. The lowest BCUT2D eigenvalue weighted by molar-refractivity contribution is 0.954. The van der Waals surface area contributed by atoms with Gasteiger partial charge in [0.2, 0.25) is 11.9 Å². The fourth-order valence-corrected chi connectivity index (χ4v) is 20.9. The molecule has 28 aromatic rings. The van der Waals surface area contributed by atoms with Crippen LogP contribution in [0, 0.1) is 0 Å². The molecule has 0 amide bonds. The first-order valence-corrected chi connectivity index (χ1v) is 43.3. The Morgan fingerprint density at radius 2 is 0.488 bits per heavy atom. The van der Waals surface area contributed by atoms with E-state index in [9.17, 15) is 0 Å². The molecule has 7 heterocycles. The van der Waals surface area contributed by atoms with Crippen LogP contribution in [0.15, 0.2) is 425 Å². The summed E-state index contributed by atoms with van der Waals surface area (Å²) in [5.74, 6) is 2.52. The van der Waals surface area contributed by atoms with Crippen molar-refractivity contribution >= 4 is 152 Å². The van der Waals surface area contributed by atoms with Crippen molar-refractivity contribution < 1.29 is 0 Å². The van der Waals surface area contributed by atoms with Crippen molar-refractivity contribution in [3.05, 3.63) is 425 Å². The predicted molar refractivity (Wildman–Crippen MR) is 526 cm³/mol. The first-order chi connectivity index (χ1) is 63.0. The lowest BCUT2D eigenvalue weighted by atomic mass is 9.92. The van der Waals surface area contributed by atoms with Crippen molar-refractivity contribution in [1.82, 2.24) is 47.8 Å². The van der Waals surface area contributed by atoms with Crippen LogP contribution in [0.5, 0.6) is 0 Å². The van der Waals surface area contributed by atoms with Gasteiger partial charge in [-0.15, -0.1) is 0 Å². The van der Waals surface area contributed by atoms with Crippen LogP contribution in [-0.4, -0.2) is 47.8 Å². The molecule has 10 heteroatoms. The zero-order valence-corrected chi connectivity index (χ0v) is 68.4. The highest BCUT2D eigenvalue weighted by Gasteiger charge is 2.28. The van der Waals surface area contributed by atoms with E-state index in [0.29, 0.717) is 23.5 Å². The van der Waals surface area contributed by atoms with Gasteiger partial charge in [0.25, 0.3) is 0 Å². The second-order valence-electron chi connectivity index (χ2n) is 33.4. The minimum atomic E-state index is 0.593. The van der Waals surface area contributed by atoms with E-state index in [2.05, 4.69) is 399 Å². The molecule has 0 aliphatic rings. The van der Waals surface area contributed by atoms with Crippen LogP contribution >= 0.6 is 0 Å². The van der Waals surface area contributed by atoms with Gasteiger partial charge in [0.05, 0.1) is 66.6 Å². The normalized spacial score (nSPS) is 12.1. The zero-order chi connectivity index (χ0) is 83.1. The maximum absolute atomic E-state index is 5.33. The summed E-state index contributed by atoms with van der Waals surface area (Å²) in [6.45, 7) is 0. The second-order valence-corrected chi connectivity index (χ2v) is 33.4. The van der Waals surface area contributed by atoms with Gasteiger partial charge in [-0.2, -0.15) is 9.97 Å². The molecule has 0 atom stereocenters. The Hall–Kier alpha value is -17.2. The van der Waals surface area contributed by atoms with Gasteiger partial charge in [0.1, 0.15) is 0 Å². The van der Waals surface area contributed by atoms with Crippen molar-refractivity contribution in [2.45, 2.75) is 0 Å². The maximum atomic E-state index is 5.33. The van der Waals surface area contributed by atoms with E-state index in [1.165, 1.54) is 163 Å². The Bertz CT molecular complexity index is 9120. The molecular weight excluding hydrogens is 1550 g/mol. The van der Waals surface area contributed by atoms with Crippen LogP contribution in [0.2, 0.25) is 0 Å². The molecule has 127 heavy (non-hydrogen) atoms. The molecule has 0 unspecified atom stereocenters. The molecule has 0 aliphatic carbocycles. The first-order valence-electron chi connectivity index (χ1n) is 43.3. The molecule has 588 valence electrons. The first kappa shape index (κ1) is 70.5. The molecular formula is C117H70N10. The molecule has 7 aromatic heterocycles. The van der Waals surface area contributed by atoms with Crippen LogP contribution in [0.1, 0.15) is 0 Å². The zero-order valence-electron chi connectivity index (χ0n) is 68.4. The van der Waals surface area contributed by atoms with Crippen molar-refractivity contribution in [2.24, 2.45) is 0 Å². The maximum Gasteiger partial charge on any atom is 0.238 e. The number of benzene rings is 21. The van der Waals surface area contributed by atoms with E-state index in [1.54, 1.807) is 0 Å². The molecule has 0 fully saturated rings. The average Bonchev–Trinajstić information content (AvgIpc) is 1.55. The predicted octanol–water partition coefficient (Wildman–Crippen LogP) is 29.9. The Morgan fingerprint density at radius 3 is 0.984 bits per heavy atom. The monoisotopic (exact) mass is 1610 g/mol. The molecule has 0 N–H and O–H groups in total. The minimum absolute atomic E-state index is 0.593. The largest absolute Gasteiger partial charge is 0.309 e. The second kappa shape index (κ2) is 27.7. The van der Waals surface area contributed by atoms with E-state index in [4.69, 9.17) is 24.9 Å². The summed E-state index contributed by atoms with van der Waals surface area (Å²) < 4.78 is 11.8. The van der Waals surface area contributed by atoms with Crippen LogP contribution in [0.25, 0.3) is 260 Å². The van der Waals surface area contributed by atoms with E-state index >= 15 is 0 Å². The summed E-state index contributed by atoms with van der Waals surface area (Å²) in [4.78, 5) is 26.0. The molecule has 0 aliphatic heterocycles. The molecule has 28 rings (SSSR count). The minimum Gasteiger partial charge on any atom is -0.309 e. The number of hydrogen-bond acceptors (Lipinski definition) is 5. The Morgan fingerprint density at radius 1 is 0.150 bits per heavy atom. The van der Waals surface area contributed by atoms with Gasteiger partial charge in [-0.05, 0) is 192 Å². The van der Waals surface area contributed by atoms with E-state index in [1.807, 2.05) is 48.5 Å². The number of hydrogen-bond donors (Lipinski definition) is 0. The third-order valence-corrected chi connectivity index (χ3v) is 26.4. The van der Waals surface area contributed by atoms with Crippen molar-refractivity contribution in [2.75, 3.05) is 0 Å². The highest BCUT2D eigenvalue weighted by Crippen LogP contribution is 2.50. The molecule has 21 aromatic carbocycles. The van der Waals surface area contributed by atoms with Gasteiger partial charge < -0.3 is 13.7 Å². The van der Waals surface area contributed by atoms with E-state index in [-0.39, 0.29) is 0 Å². The summed E-state index contributed by atoms with van der Waals surface area (Å²) in [6, 6.07) is 153. The molecule has 0 spiro atoms. The van der Waals surface area contributed by atoms with Crippen LogP contribution < -0.4 is 0 Å². The number of aromatic nitrogens is 10. The third-order valence-electron chi connectivity index (χ3n) is 26.4. The average molecular weight is 1620 g/mol. The smallest absolute Gasteiger partial charge is 0.238 e. The number of nitrogens with zero attached hydrogens (tertiary/aromatic N) is 10. The Kier molecular flexibility index (Phi) is 15.3. The van der Waals surface area contributed by atoms with Gasteiger partial charge in [-0.1, -0.05) is 309 Å². The fraction of sp³-hybridized carbons (Fsp3) is 0. The topological polar surface area (TPSA) is 89.1 Å². The Labute approximate surface area is 727 Å². The summed E-state index contributed by atoms with van der Waals surface area (Å²) >= 11 is 0. The quantitative estimate of drug-likeness (QED) is 0.114. The third kappa shape index (κ3) is 10.8. The van der Waals surface area contributed by atoms with Crippen molar-refractivity contribution in [1.29, 1.82) is 0 Å². The van der Waals surface area contributed by atoms with Crippen molar-refractivity contribution in [3.8, 4) is 108 Å². The molecule has 0 saturated carbocycles. The highest BCUT2D eigenvalue weighted by atomic mass is 15.2.